The Bertz CT molecular complexity index is 607. The molecule has 0 saturated carbocycles. The van der Waals surface area contributed by atoms with E-state index in [2.05, 4.69) is 4.90 Å². The number of allylic oxidation sites excluding steroid dienone is 1. The third kappa shape index (κ3) is 4.78. The predicted octanol–water partition coefficient (Wildman–Crippen LogP) is 0.333. The number of hydrogen-bond donors (Lipinski definition) is 2. The first-order valence-corrected chi connectivity index (χ1v) is 8.35. The maximum atomic E-state index is 11.9. The highest BCUT2D eigenvalue weighted by atomic mass is 16.5. The van der Waals surface area contributed by atoms with Crippen molar-refractivity contribution >= 4 is 11.9 Å². The molecule has 0 spiro atoms. The van der Waals surface area contributed by atoms with Gasteiger partial charge < -0.3 is 19.7 Å². The summed E-state index contributed by atoms with van der Waals surface area (Å²) in [6, 6.07) is -0.0947. The zero-order valence-electron chi connectivity index (χ0n) is 14.6. The molecule has 0 bridgehead atoms. The molecule has 0 aromatic heterocycles. The number of nitrogens with zero attached hydrogens (tertiary/aromatic N) is 1. The van der Waals surface area contributed by atoms with Crippen LogP contribution in [-0.2, 0) is 19.1 Å². The average Bonchev–Trinajstić information content (AvgIpc) is 3.17. The summed E-state index contributed by atoms with van der Waals surface area (Å²) >= 11 is 0. The number of aliphatic hydroxyl groups is 2. The Morgan fingerprint density at radius 3 is 2.76 bits per heavy atom. The first-order chi connectivity index (χ1) is 12.0. The fraction of sp³-hybridized carbons (Fsp3) is 0.556. The minimum Gasteiger partial charge on any atom is -0.458 e. The second-order valence-corrected chi connectivity index (χ2v) is 6.18. The normalized spacial score (nSPS) is 24.1. The molecule has 2 heterocycles. The summed E-state index contributed by atoms with van der Waals surface area (Å²) in [5.41, 5.74) is 1.66. The van der Waals surface area contributed by atoms with Crippen LogP contribution in [0.4, 0.5) is 0 Å². The van der Waals surface area contributed by atoms with Gasteiger partial charge in [0, 0.05) is 19.2 Å². The van der Waals surface area contributed by atoms with Crippen LogP contribution in [0.1, 0.15) is 20.3 Å². The minimum absolute atomic E-state index is 0.0947. The zero-order valence-corrected chi connectivity index (χ0v) is 14.6. The van der Waals surface area contributed by atoms with E-state index in [4.69, 9.17) is 19.7 Å². The standard InChI is InChI=1S/C18H25NO6/c1-3-13(10-21)18(23)24-11-14-4-6-19-7-5-15(17(14)19)25-16(22)8-12(2)9-20/h3-4,8,15,17,20-21H,5-7,9-11H2,1-2H3/b12-8+,13-3+/t15-,17+/m0/s1. The van der Waals surface area contributed by atoms with Crippen molar-refractivity contribution in [2.75, 3.05) is 32.9 Å². The van der Waals surface area contributed by atoms with Gasteiger partial charge in [0.25, 0.3) is 0 Å². The highest BCUT2D eigenvalue weighted by molar-refractivity contribution is 5.88. The smallest absolute Gasteiger partial charge is 0.336 e. The molecule has 0 aliphatic carbocycles. The predicted molar refractivity (Wildman–Crippen MR) is 90.6 cm³/mol. The van der Waals surface area contributed by atoms with Crippen LogP contribution >= 0.6 is 0 Å². The number of carbonyl (C=O) groups excluding carboxylic acids is 2. The van der Waals surface area contributed by atoms with Gasteiger partial charge in [-0.15, -0.1) is 0 Å². The Labute approximate surface area is 147 Å². The summed E-state index contributed by atoms with van der Waals surface area (Å²) < 4.78 is 10.8. The highest BCUT2D eigenvalue weighted by Gasteiger charge is 2.41. The lowest BCUT2D eigenvalue weighted by Gasteiger charge is -2.23. The summed E-state index contributed by atoms with van der Waals surface area (Å²) in [6.07, 6.45) is 5.21. The van der Waals surface area contributed by atoms with E-state index in [-0.39, 0.29) is 37.5 Å². The third-order valence-electron chi connectivity index (χ3n) is 4.45. The second-order valence-electron chi connectivity index (χ2n) is 6.18. The van der Waals surface area contributed by atoms with Gasteiger partial charge in [-0.25, -0.2) is 9.59 Å². The van der Waals surface area contributed by atoms with Crippen molar-refractivity contribution in [3.8, 4) is 0 Å². The highest BCUT2D eigenvalue weighted by Crippen LogP contribution is 2.31. The average molecular weight is 351 g/mol. The van der Waals surface area contributed by atoms with E-state index < -0.39 is 11.9 Å². The molecule has 7 nitrogen and oxygen atoms in total. The molecule has 0 radical (unpaired) electrons. The van der Waals surface area contributed by atoms with Crippen LogP contribution in [-0.4, -0.2) is 72.1 Å². The number of fused-ring (bicyclic) bond motifs is 1. The first-order valence-electron chi connectivity index (χ1n) is 8.35. The fourth-order valence-electron chi connectivity index (χ4n) is 3.07. The first kappa shape index (κ1) is 19.4. The van der Waals surface area contributed by atoms with Gasteiger partial charge in [0.15, 0.2) is 0 Å². The van der Waals surface area contributed by atoms with Crippen molar-refractivity contribution < 1.29 is 29.3 Å². The third-order valence-corrected chi connectivity index (χ3v) is 4.45. The lowest BCUT2D eigenvalue weighted by molar-refractivity contribution is -0.144. The van der Waals surface area contributed by atoms with E-state index in [0.29, 0.717) is 12.0 Å². The molecule has 2 rings (SSSR count). The Morgan fingerprint density at radius 2 is 2.12 bits per heavy atom. The number of carbonyl (C=O) groups is 2. The van der Waals surface area contributed by atoms with Crippen molar-refractivity contribution in [1.82, 2.24) is 4.90 Å². The molecule has 2 N–H and O–H groups in total. The fourth-order valence-corrected chi connectivity index (χ4v) is 3.07. The van der Waals surface area contributed by atoms with Gasteiger partial charge in [0.2, 0.25) is 0 Å². The molecule has 0 aromatic carbocycles. The second kappa shape index (κ2) is 8.94. The maximum absolute atomic E-state index is 11.9. The van der Waals surface area contributed by atoms with Gasteiger partial charge in [0.1, 0.15) is 12.7 Å². The molecule has 0 aromatic rings. The molecule has 2 aliphatic heterocycles. The van der Waals surface area contributed by atoms with Crippen LogP contribution in [0.2, 0.25) is 0 Å². The van der Waals surface area contributed by atoms with Crippen LogP contribution in [0.25, 0.3) is 0 Å². The van der Waals surface area contributed by atoms with E-state index in [1.165, 1.54) is 12.2 Å². The SMILES string of the molecule is C/C=C(\CO)C(=O)OCC1=CCN2CC[C@H](OC(=O)/C=C(\C)CO)[C@@H]12. The number of hydrogen-bond acceptors (Lipinski definition) is 7. The molecule has 25 heavy (non-hydrogen) atoms. The molecule has 0 amide bonds. The molecular weight excluding hydrogens is 326 g/mol. The Balaban J connectivity index is 1.96. The molecule has 7 heteroatoms. The number of esters is 2. The molecule has 2 atom stereocenters. The van der Waals surface area contributed by atoms with E-state index in [1.807, 2.05) is 6.08 Å². The number of aliphatic hydroxyl groups excluding tert-OH is 2. The Kier molecular flexibility index (Phi) is 6.92. The number of ether oxygens (including phenoxy) is 2. The Hall–Kier alpha value is -1.96. The van der Waals surface area contributed by atoms with E-state index in [9.17, 15) is 9.59 Å². The molecule has 1 fully saturated rings. The molecule has 0 unspecified atom stereocenters. The van der Waals surface area contributed by atoms with Crippen LogP contribution < -0.4 is 0 Å². The van der Waals surface area contributed by atoms with Gasteiger partial charge in [-0.2, -0.15) is 0 Å². The maximum Gasteiger partial charge on any atom is 0.336 e. The van der Waals surface area contributed by atoms with Crippen molar-refractivity contribution in [3.63, 3.8) is 0 Å². The summed E-state index contributed by atoms with van der Waals surface area (Å²) in [4.78, 5) is 26.0. The molecule has 2 aliphatic rings. The lowest BCUT2D eigenvalue weighted by atomic mass is 10.1. The largest absolute Gasteiger partial charge is 0.458 e. The summed E-state index contributed by atoms with van der Waals surface area (Å²) in [7, 11) is 0. The lowest BCUT2D eigenvalue weighted by Crippen LogP contribution is -2.36. The van der Waals surface area contributed by atoms with Crippen molar-refractivity contribution in [3.05, 3.63) is 34.9 Å². The van der Waals surface area contributed by atoms with E-state index >= 15 is 0 Å². The molecule has 138 valence electrons. The van der Waals surface area contributed by atoms with E-state index in [1.54, 1.807) is 13.8 Å². The van der Waals surface area contributed by atoms with Crippen LogP contribution in [0.3, 0.4) is 0 Å². The topological polar surface area (TPSA) is 96.3 Å². The summed E-state index contributed by atoms with van der Waals surface area (Å²) in [6.45, 7) is 4.41. The van der Waals surface area contributed by atoms with Gasteiger partial charge in [-0.05, 0) is 31.4 Å². The van der Waals surface area contributed by atoms with Crippen LogP contribution in [0.15, 0.2) is 34.9 Å². The summed E-state index contributed by atoms with van der Waals surface area (Å²) in [5, 5.41) is 18.1. The quantitative estimate of drug-likeness (QED) is 0.388. The van der Waals surface area contributed by atoms with Gasteiger partial charge in [0.05, 0.1) is 24.8 Å². The Morgan fingerprint density at radius 1 is 1.36 bits per heavy atom. The molecule has 1 saturated heterocycles. The zero-order chi connectivity index (χ0) is 18.4. The minimum atomic E-state index is -0.544. The van der Waals surface area contributed by atoms with Crippen molar-refractivity contribution in [1.29, 1.82) is 0 Å². The summed E-state index contributed by atoms with van der Waals surface area (Å²) in [5.74, 6) is -1.02. The van der Waals surface area contributed by atoms with Crippen LogP contribution in [0, 0.1) is 0 Å². The van der Waals surface area contributed by atoms with Gasteiger partial charge >= 0.3 is 11.9 Å². The van der Waals surface area contributed by atoms with Crippen molar-refractivity contribution in [2.45, 2.75) is 32.4 Å². The molecular formula is C18H25NO6. The van der Waals surface area contributed by atoms with Gasteiger partial charge in [-0.3, -0.25) is 4.90 Å². The van der Waals surface area contributed by atoms with Gasteiger partial charge in [-0.1, -0.05) is 12.2 Å². The monoisotopic (exact) mass is 351 g/mol. The van der Waals surface area contributed by atoms with E-state index in [0.717, 1.165) is 18.7 Å². The van der Waals surface area contributed by atoms with Crippen molar-refractivity contribution in [2.24, 2.45) is 0 Å². The van der Waals surface area contributed by atoms with Crippen LogP contribution in [0.5, 0.6) is 0 Å². The number of rotatable bonds is 7.